The van der Waals surface area contributed by atoms with Crippen LogP contribution in [0.25, 0.3) is 0 Å². The SMILES string of the molecule is CCC1(CNCCCc2cccc(N)c2)CC1. The van der Waals surface area contributed by atoms with Crippen LogP contribution >= 0.6 is 0 Å². The highest BCUT2D eigenvalue weighted by Gasteiger charge is 2.39. The second kappa shape index (κ2) is 5.54. The van der Waals surface area contributed by atoms with Gasteiger partial charge in [-0.1, -0.05) is 19.1 Å². The molecule has 0 unspecified atom stereocenters. The fourth-order valence-corrected chi connectivity index (χ4v) is 2.35. The molecule has 0 bridgehead atoms. The summed E-state index contributed by atoms with van der Waals surface area (Å²) in [5, 5.41) is 3.59. The monoisotopic (exact) mass is 232 g/mol. The van der Waals surface area contributed by atoms with Crippen LogP contribution in [-0.4, -0.2) is 13.1 Å². The number of rotatable bonds is 7. The van der Waals surface area contributed by atoms with Crippen molar-refractivity contribution in [3.05, 3.63) is 29.8 Å². The number of nitrogens with two attached hydrogens (primary N) is 1. The molecule has 0 spiro atoms. The van der Waals surface area contributed by atoms with Gasteiger partial charge < -0.3 is 11.1 Å². The maximum Gasteiger partial charge on any atom is 0.0316 e. The Bertz CT molecular complexity index is 356. The first-order valence-electron chi connectivity index (χ1n) is 6.79. The third kappa shape index (κ3) is 3.74. The van der Waals surface area contributed by atoms with Crippen LogP contribution in [0.5, 0.6) is 0 Å². The molecule has 2 rings (SSSR count). The molecular formula is C15H24N2. The van der Waals surface area contributed by atoms with E-state index in [1.807, 2.05) is 12.1 Å². The molecule has 0 radical (unpaired) electrons. The second-order valence-corrected chi connectivity index (χ2v) is 5.38. The van der Waals surface area contributed by atoms with Gasteiger partial charge in [0.2, 0.25) is 0 Å². The van der Waals surface area contributed by atoms with Crippen LogP contribution in [0.4, 0.5) is 5.69 Å². The van der Waals surface area contributed by atoms with Gasteiger partial charge in [-0.05, 0) is 61.8 Å². The number of nitrogens with one attached hydrogen (secondary N) is 1. The molecule has 1 aliphatic rings. The maximum atomic E-state index is 5.76. The molecule has 3 N–H and O–H groups in total. The summed E-state index contributed by atoms with van der Waals surface area (Å²) in [6.45, 7) is 4.64. The van der Waals surface area contributed by atoms with E-state index in [-0.39, 0.29) is 0 Å². The highest BCUT2D eigenvalue weighted by atomic mass is 14.9. The molecule has 0 aromatic heterocycles. The van der Waals surface area contributed by atoms with E-state index in [1.54, 1.807) is 0 Å². The van der Waals surface area contributed by atoms with Crippen LogP contribution in [0.2, 0.25) is 0 Å². The zero-order valence-electron chi connectivity index (χ0n) is 10.8. The number of nitrogen functional groups attached to an aromatic ring is 1. The molecule has 94 valence electrons. The molecule has 1 aromatic carbocycles. The molecule has 1 fully saturated rings. The summed E-state index contributed by atoms with van der Waals surface area (Å²) in [6, 6.07) is 8.22. The van der Waals surface area contributed by atoms with E-state index in [4.69, 9.17) is 5.73 Å². The van der Waals surface area contributed by atoms with Gasteiger partial charge in [-0.3, -0.25) is 0 Å². The quantitative estimate of drug-likeness (QED) is 0.560. The molecule has 2 nitrogen and oxygen atoms in total. The molecular weight excluding hydrogens is 208 g/mol. The van der Waals surface area contributed by atoms with Gasteiger partial charge in [-0.2, -0.15) is 0 Å². The van der Waals surface area contributed by atoms with Crippen molar-refractivity contribution in [2.24, 2.45) is 5.41 Å². The average molecular weight is 232 g/mol. The van der Waals surface area contributed by atoms with E-state index in [9.17, 15) is 0 Å². The zero-order valence-corrected chi connectivity index (χ0v) is 10.8. The summed E-state index contributed by atoms with van der Waals surface area (Å²) in [7, 11) is 0. The fraction of sp³-hybridized carbons (Fsp3) is 0.600. The van der Waals surface area contributed by atoms with Crippen LogP contribution in [0.3, 0.4) is 0 Å². The van der Waals surface area contributed by atoms with Crippen molar-refractivity contribution in [2.75, 3.05) is 18.8 Å². The Labute approximate surface area is 105 Å². The topological polar surface area (TPSA) is 38.0 Å². The first-order valence-corrected chi connectivity index (χ1v) is 6.79. The Morgan fingerprint density at radius 1 is 1.35 bits per heavy atom. The van der Waals surface area contributed by atoms with Crippen LogP contribution < -0.4 is 11.1 Å². The standard InChI is InChI=1S/C15H24N2/c1-2-15(8-9-15)12-17-10-4-6-13-5-3-7-14(16)11-13/h3,5,7,11,17H,2,4,6,8-10,12,16H2,1H3. The summed E-state index contributed by atoms with van der Waals surface area (Å²) in [5.74, 6) is 0. The molecule has 0 heterocycles. The third-order valence-corrected chi connectivity index (χ3v) is 3.98. The van der Waals surface area contributed by atoms with Crippen molar-refractivity contribution < 1.29 is 0 Å². The summed E-state index contributed by atoms with van der Waals surface area (Å²) < 4.78 is 0. The van der Waals surface area contributed by atoms with Gasteiger partial charge in [-0.15, -0.1) is 0 Å². The largest absolute Gasteiger partial charge is 0.399 e. The summed E-state index contributed by atoms with van der Waals surface area (Å²) >= 11 is 0. The summed E-state index contributed by atoms with van der Waals surface area (Å²) in [5.41, 5.74) is 8.64. The Kier molecular flexibility index (Phi) is 4.06. The lowest BCUT2D eigenvalue weighted by Crippen LogP contribution is -2.24. The molecule has 1 aromatic rings. The molecule has 0 aliphatic heterocycles. The van der Waals surface area contributed by atoms with Gasteiger partial charge in [0.25, 0.3) is 0 Å². The Balaban J connectivity index is 1.60. The van der Waals surface area contributed by atoms with Crippen molar-refractivity contribution in [2.45, 2.75) is 39.0 Å². The lowest BCUT2D eigenvalue weighted by molar-refractivity contribution is 0.442. The summed E-state index contributed by atoms with van der Waals surface area (Å²) in [4.78, 5) is 0. The smallest absolute Gasteiger partial charge is 0.0316 e. The van der Waals surface area contributed by atoms with Gasteiger partial charge >= 0.3 is 0 Å². The van der Waals surface area contributed by atoms with E-state index in [1.165, 1.54) is 37.8 Å². The van der Waals surface area contributed by atoms with Crippen LogP contribution in [0.1, 0.15) is 38.2 Å². The lowest BCUT2D eigenvalue weighted by Gasteiger charge is -2.13. The zero-order chi connectivity index (χ0) is 12.1. The molecule has 0 saturated heterocycles. The minimum absolute atomic E-state index is 0.664. The third-order valence-electron chi connectivity index (χ3n) is 3.98. The van der Waals surface area contributed by atoms with Gasteiger partial charge in [0.05, 0.1) is 0 Å². The highest BCUT2D eigenvalue weighted by molar-refractivity contribution is 5.40. The number of anilines is 1. The predicted molar refractivity (Wildman–Crippen MR) is 74.0 cm³/mol. The first-order chi connectivity index (χ1) is 8.24. The van der Waals surface area contributed by atoms with E-state index in [0.29, 0.717) is 5.41 Å². The highest BCUT2D eigenvalue weighted by Crippen LogP contribution is 2.47. The number of aryl methyl sites for hydroxylation is 1. The van der Waals surface area contributed by atoms with E-state index < -0.39 is 0 Å². The molecule has 17 heavy (non-hydrogen) atoms. The van der Waals surface area contributed by atoms with Crippen molar-refractivity contribution in [3.8, 4) is 0 Å². The van der Waals surface area contributed by atoms with Crippen LogP contribution in [-0.2, 0) is 6.42 Å². The number of benzene rings is 1. The molecule has 0 amide bonds. The Morgan fingerprint density at radius 2 is 2.18 bits per heavy atom. The molecule has 1 aliphatic carbocycles. The fourth-order valence-electron chi connectivity index (χ4n) is 2.35. The first kappa shape index (κ1) is 12.4. The van der Waals surface area contributed by atoms with Crippen LogP contribution in [0, 0.1) is 5.41 Å². The molecule has 1 saturated carbocycles. The number of hydrogen-bond donors (Lipinski definition) is 2. The van der Waals surface area contributed by atoms with Crippen molar-refractivity contribution in [3.63, 3.8) is 0 Å². The Hall–Kier alpha value is -1.02. The minimum atomic E-state index is 0.664. The minimum Gasteiger partial charge on any atom is -0.399 e. The Morgan fingerprint density at radius 3 is 2.82 bits per heavy atom. The van der Waals surface area contributed by atoms with Crippen LogP contribution in [0.15, 0.2) is 24.3 Å². The summed E-state index contributed by atoms with van der Waals surface area (Å²) in [6.07, 6.45) is 6.49. The number of hydrogen-bond acceptors (Lipinski definition) is 2. The van der Waals surface area contributed by atoms with E-state index >= 15 is 0 Å². The second-order valence-electron chi connectivity index (χ2n) is 5.38. The van der Waals surface area contributed by atoms with Crippen molar-refractivity contribution in [1.82, 2.24) is 5.32 Å². The van der Waals surface area contributed by atoms with Gasteiger partial charge in [-0.25, -0.2) is 0 Å². The van der Waals surface area contributed by atoms with Gasteiger partial charge in [0.15, 0.2) is 0 Å². The van der Waals surface area contributed by atoms with Gasteiger partial charge in [0.1, 0.15) is 0 Å². The molecule has 2 heteroatoms. The van der Waals surface area contributed by atoms with E-state index in [0.717, 1.165) is 18.7 Å². The molecule has 0 atom stereocenters. The van der Waals surface area contributed by atoms with Crippen molar-refractivity contribution in [1.29, 1.82) is 0 Å². The van der Waals surface area contributed by atoms with Crippen molar-refractivity contribution >= 4 is 5.69 Å². The average Bonchev–Trinajstić information content (AvgIpc) is 3.09. The maximum absolute atomic E-state index is 5.76. The lowest BCUT2D eigenvalue weighted by atomic mass is 10.0. The van der Waals surface area contributed by atoms with Gasteiger partial charge in [0, 0.05) is 12.2 Å². The van der Waals surface area contributed by atoms with E-state index in [2.05, 4.69) is 24.4 Å². The predicted octanol–water partition coefficient (Wildman–Crippen LogP) is 2.98. The normalized spacial score (nSPS) is 17.0.